The molecule has 0 bridgehead atoms. The summed E-state index contributed by atoms with van der Waals surface area (Å²) in [5.74, 6) is 0.550. The minimum Gasteiger partial charge on any atom is -0.488 e. The summed E-state index contributed by atoms with van der Waals surface area (Å²) in [6.07, 6.45) is 0.492. The van der Waals surface area contributed by atoms with E-state index in [1.165, 1.54) is 12.1 Å². The van der Waals surface area contributed by atoms with Crippen molar-refractivity contribution in [2.45, 2.75) is 37.7 Å². The summed E-state index contributed by atoms with van der Waals surface area (Å²) in [4.78, 5) is 0.0988. The van der Waals surface area contributed by atoms with Gasteiger partial charge in [-0.15, -0.1) is 0 Å². The number of hydrogen-bond donors (Lipinski definition) is 1. The highest BCUT2D eigenvalue weighted by Crippen LogP contribution is 2.23. The molecule has 0 amide bonds. The molecule has 1 N–H and O–H groups in total. The van der Waals surface area contributed by atoms with Crippen molar-refractivity contribution >= 4 is 10.1 Å². The molecule has 19 heavy (non-hydrogen) atoms. The van der Waals surface area contributed by atoms with Gasteiger partial charge < -0.3 is 9.84 Å². The van der Waals surface area contributed by atoms with Crippen molar-refractivity contribution in [2.75, 3.05) is 13.2 Å². The van der Waals surface area contributed by atoms with Gasteiger partial charge in [0.25, 0.3) is 10.1 Å². The van der Waals surface area contributed by atoms with Gasteiger partial charge in [0.1, 0.15) is 11.4 Å². The third-order valence-electron chi connectivity index (χ3n) is 2.49. The quantitative estimate of drug-likeness (QED) is 0.776. The first-order chi connectivity index (χ1) is 8.80. The zero-order valence-corrected chi connectivity index (χ0v) is 12.2. The first kappa shape index (κ1) is 15.9. The molecule has 0 aliphatic rings. The van der Waals surface area contributed by atoms with Crippen molar-refractivity contribution < 1.29 is 22.4 Å². The number of benzene rings is 1. The van der Waals surface area contributed by atoms with Crippen LogP contribution in [-0.2, 0) is 14.3 Å². The second kappa shape index (κ2) is 6.36. The molecule has 0 spiro atoms. The smallest absolute Gasteiger partial charge is 0.296 e. The summed E-state index contributed by atoms with van der Waals surface area (Å²) in [6, 6.07) is 6.03. The van der Waals surface area contributed by atoms with Crippen molar-refractivity contribution in [2.24, 2.45) is 0 Å². The van der Waals surface area contributed by atoms with Gasteiger partial charge in [-0.25, -0.2) is 0 Å². The Morgan fingerprint density at radius 2 is 1.79 bits per heavy atom. The van der Waals surface area contributed by atoms with Crippen LogP contribution in [0.1, 0.15) is 27.2 Å². The van der Waals surface area contributed by atoms with Crippen LogP contribution in [0.2, 0.25) is 0 Å². The van der Waals surface area contributed by atoms with Gasteiger partial charge in [0.2, 0.25) is 0 Å². The molecule has 0 aliphatic heterocycles. The average Bonchev–Trinajstić information content (AvgIpc) is 2.28. The highest BCUT2D eigenvalue weighted by Gasteiger charge is 2.20. The summed E-state index contributed by atoms with van der Waals surface area (Å²) >= 11 is 0. The van der Waals surface area contributed by atoms with Crippen LogP contribution in [0.3, 0.4) is 0 Å². The van der Waals surface area contributed by atoms with Crippen molar-refractivity contribution in [3.05, 3.63) is 24.3 Å². The molecule has 108 valence electrons. The SMILES string of the molecule is CCOS(=O)(=O)c1ccc(OC(C)(C)CCO)cc1. The predicted octanol–water partition coefficient (Wildman–Crippen LogP) is 1.95. The van der Waals surface area contributed by atoms with Crippen LogP contribution in [0.4, 0.5) is 0 Å². The van der Waals surface area contributed by atoms with Gasteiger partial charge >= 0.3 is 0 Å². The van der Waals surface area contributed by atoms with Crippen LogP contribution in [0.5, 0.6) is 5.75 Å². The van der Waals surface area contributed by atoms with Gasteiger partial charge in [0, 0.05) is 13.0 Å². The van der Waals surface area contributed by atoms with E-state index in [9.17, 15) is 8.42 Å². The molecule has 0 heterocycles. The summed E-state index contributed by atoms with van der Waals surface area (Å²) in [7, 11) is -3.68. The summed E-state index contributed by atoms with van der Waals surface area (Å²) in [6.45, 7) is 5.46. The van der Waals surface area contributed by atoms with E-state index in [2.05, 4.69) is 0 Å². The standard InChI is InChI=1S/C13H20O5S/c1-4-17-19(15,16)12-7-5-11(6-8-12)18-13(2,3)9-10-14/h5-8,14H,4,9-10H2,1-3H3. The fourth-order valence-electron chi connectivity index (χ4n) is 1.54. The first-order valence-corrected chi connectivity index (χ1v) is 7.51. The molecule has 1 aromatic rings. The number of hydrogen-bond acceptors (Lipinski definition) is 5. The van der Waals surface area contributed by atoms with Crippen LogP contribution >= 0.6 is 0 Å². The molecule has 0 fully saturated rings. The topological polar surface area (TPSA) is 72.8 Å². The van der Waals surface area contributed by atoms with Crippen LogP contribution in [0.25, 0.3) is 0 Å². The Morgan fingerprint density at radius 3 is 2.26 bits per heavy atom. The van der Waals surface area contributed by atoms with Gasteiger partial charge in [-0.1, -0.05) is 0 Å². The monoisotopic (exact) mass is 288 g/mol. The molecule has 1 rings (SSSR count). The van der Waals surface area contributed by atoms with E-state index < -0.39 is 15.7 Å². The number of aliphatic hydroxyl groups is 1. The fraction of sp³-hybridized carbons (Fsp3) is 0.538. The number of aliphatic hydroxyl groups excluding tert-OH is 1. The van der Waals surface area contributed by atoms with Crippen LogP contribution in [0.15, 0.2) is 29.2 Å². The maximum atomic E-state index is 11.6. The summed E-state index contributed by atoms with van der Waals surface area (Å²) < 4.78 is 33.6. The lowest BCUT2D eigenvalue weighted by Gasteiger charge is -2.25. The Morgan fingerprint density at radius 1 is 1.21 bits per heavy atom. The minimum absolute atomic E-state index is 0.0316. The molecule has 0 atom stereocenters. The van der Waals surface area contributed by atoms with Gasteiger partial charge in [-0.05, 0) is 45.0 Å². The van der Waals surface area contributed by atoms with E-state index in [0.29, 0.717) is 12.2 Å². The lowest BCUT2D eigenvalue weighted by atomic mass is 10.1. The van der Waals surface area contributed by atoms with Gasteiger partial charge in [-0.2, -0.15) is 8.42 Å². The van der Waals surface area contributed by atoms with E-state index in [4.69, 9.17) is 14.0 Å². The molecule has 0 unspecified atom stereocenters. The molecule has 0 radical (unpaired) electrons. The molecule has 0 aliphatic carbocycles. The van der Waals surface area contributed by atoms with Gasteiger partial charge in [-0.3, -0.25) is 4.18 Å². The number of ether oxygens (including phenoxy) is 1. The van der Waals surface area contributed by atoms with Gasteiger partial charge in [0.15, 0.2) is 0 Å². The fourth-order valence-corrected chi connectivity index (χ4v) is 2.45. The molecule has 0 saturated heterocycles. The Bertz CT molecular complexity index is 490. The van der Waals surface area contributed by atoms with Crippen molar-refractivity contribution in [3.63, 3.8) is 0 Å². The van der Waals surface area contributed by atoms with Gasteiger partial charge in [0.05, 0.1) is 11.5 Å². The van der Waals surface area contributed by atoms with E-state index in [-0.39, 0.29) is 18.1 Å². The Hall–Kier alpha value is -1.11. The highest BCUT2D eigenvalue weighted by molar-refractivity contribution is 7.86. The van der Waals surface area contributed by atoms with Crippen LogP contribution < -0.4 is 4.74 Å². The molecule has 0 saturated carbocycles. The minimum atomic E-state index is -3.68. The third kappa shape index (κ3) is 4.81. The Kier molecular flexibility index (Phi) is 5.34. The van der Waals surface area contributed by atoms with E-state index in [1.54, 1.807) is 19.1 Å². The van der Waals surface area contributed by atoms with Crippen molar-refractivity contribution in [1.82, 2.24) is 0 Å². The largest absolute Gasteiger partial charge is 0.488 e. The van der Waals surface area contributed by atoms with Crippen LogP contribution in [-0.4, -0.2) is 32.3 Å². The summed E-state index contributed by atoms with van der Waals surface area (Å²) in [5, 5.41) is 8.91. The molecular formula is C13H20O5S. The average molecular weight is 288 g/mol. The van der Waals surface area contributed by atoms with Crippen LogP contribution in [0, 0.1) is 0 Å². The molecule has 0 aromatic heterocycles. The van der Waals surface area contributed by atoms with E-state index in [1.807, 2.05) is 13.8 Å². The van der Waals surface area contributed by atoms with Crippen molar-refractivity contribution in [3.8, 4) is 5.75 Å². The molecule has 1 aromatic carbocycles. The first-order valence-electron chi connectivity index (χ1n) is 6.10. The number of rotatable bonds is 7. The molecular weight excluding hydrogens is 268 g/mol. The third-order valence-corrected chi connectivity index (χ3v) is 3.89. The maximum Gasteiger partial charge on any atom is 0.296 e. The Balaban J connectivity index is 2.83. The highest BCUT2D eigenvalue weighted by atomic mass is 32.2. The van der Waals surface area contributed by atoms with Crippen molar-refractivity contribution in [1.29, 1.82) is 0 Å². The molecule has 5 nitrogen and oxygen atoms in total. The molecule has 6 heteroatoms. The normalized spacial score (nSPS) is 12.4. The van der Waals surface area contributed by atoms with E-state index in [0.717, 1.165) is 0 Å². The summed E-state index contributed by atoms with van der Waals surface area (Å²) in [5.41, 5.74) is -0.505. The second-order valence-electron chi connectivity index (χ2n) is 4.67. The maximum absolute atomic E-state index is 11.6. The lowest BCUT2D eigenvalue weighted by molar-refractivity contribution is 0.0764. The Labute approximate surface area is 114 Å². The predicted molar refractivity (Wildman–Crippen MR) is 71.7 cm³/mol. The second-order valence-corrected chi connectivity index (χ2v) is 6.28. The zero-order valence-electron chi connectivity index (χ0n) is 11.4. The van der Waals surface area contributed by atoms with E-state index >= 15 is 0 Å². The zero-order chi connectivity index (χ0) is 14.5. The lowest BCUT2D eigenvalue weighted by Crippen LogP contribution is -2.29.